The number of nitrogens with zero attached hydrogens (tertiary/aromatic N) is 1. The molecule has 1 aromatic carbocycles. The lowest BCUT2D eigenvalue weighted by Gasteiger charge is -2.39. The molecule has 3 atom stereocenters. The van der Waals surface area contributed by atoms with Gasteiger partial charge in [0.15, 0.2) is 0 Å². The maximum atomic E-state index is 12.8. The van der Waals surface area contributed by atoms with Gasteiger partial charge in [0, 0.05) is 18.3 Å². The van der Waals surface area contributed by atoms with Crippen molar-refractivity contribution in [3.05, 3.63) is 29.8 Å². The van der Waals surface area contributed by atoms with Crippen LogP contribution in [-0.4, -0.2) is 23.4 Å². The van der Waals surface area contributed by atoms with E-state index in [4.69, 9.17) is 5.73 Å². The summed E-state index contributed by atoms with van der Waals surface area (Å²) >= 11 is 0. The molecule has 20 heavy (non-hydrogen) atoms. The molecule has 3 nitrogen and oxygen atoms in total. The van der Waals surface area contributed by atoms with Gasteiger partial charge in [0.05, 0.1) is 5.92 Å². The number of carbonyl (C=O) groups excluding carboxylic acids is 1. The van der Waals surface area contributed by atoms with E-state index in [1.165, 1.54) is 25.7 Å². The quantitative estimate of drug-likeness (QED) is 0.841. The van der Waals surface area contributed by atoms with Crippen LogP contribution in [0.2, 0.25) is 0 Å². The van der Waals surface area contributed by atoms with Crippen LogP contribution in [0.5, 0.6) is 0 Å². The van der Waals surface area contributed by atoms with E-state index in [9.17, 15) is 4.79 Å². The molecule has 2 aliphatic rings. The van der Waals surface area contributed by atoms with Crippen LogP contribution in [0.4, 0.5) is 5.69 Å². The van der Waals surface area contributed by atoms with Crippen molar-refractivity contribution in [2.45, 2.75) is 51.0 Å². The number of nitrogens with two attached hydrogens (primary N) is 1. The van der Waals surface area contributed by atoms with Gasteiger partial charge in [0.1, 0.15) is 0 Å². The summed E-state index contributed by atoms with van der Waals surface area (Å²) in [5.41, 5.74) is 7.61. The van der Waals surface area contributed by atoms with E-state index in [1.54, 1.807) is 0 Å². The molecule has 3 unspecified atom stereocenters. The number of benzene rings is 1. The van der Waals surface area contributed by atoms with E-state index in [2.05, 4.69) is 4.90 Å². The zero-order chi connectivity index (χ0) is 14.1. The van der Waals surface area contributed by atoms with Crippen LogP contribution in [-0.2, 0) is 4.79 Å². The highest BCUT2D eigenvalue weighted by Crippen LogP contribution is 2.38. The van der Waals surface area contributed by atoms with Gasteiger partial charge in [0.25, 0.3) is 0 Å². The van der Waals surface area contributed by atoms with Gasteiger partial charge in [-0.2, -0.15) is 0 Å². The van der Waals surface area contributed by atoms with Gasteiger partial charge >= 0.3 is 0 Å². The van der Waals surface area contributed by atoms with Crippen LogP contribution in [0.25, 0.3) is 0 Å². The van der Waals surface area contributed by atoms with Crippen molar-refractivity contribution in [3.8, 4) is 0 Å². The van der Waals surface area contributed by atoms with E-state index >= 15 is 0 Å². The molecule has 0 radical (unpaired) electrons. The van der Waals surface area contributed by atoms with Gasteiger partial charge in [-0.05, 0) is 56.2 Å². The second-order valence-electron chi connectivity index (χ2n) is 6.32. The molecule has 1 heterocycles. The van der Waals surface area contributed by atoms with Crippen molar-refractivity contribution in [1.29, 1.82) is 0 Å². The van der Waals surface area contributed by atoms with Gasteiger partial charge in [-0.3, -0.25) is 4.79 Å². The summed E-state index contributed by atoms with van der Waals surface area (Å²) in [6.07, 6.45) is 6.25. The third kappa shape index (κ3) is 2.41. The normalized spacial score (nSPS) is 27.1. The molecule has 1 aliphatic heterocycles. The minimum absolute atomic E-state index is 0.0853. The molecule has 3 heteroatoms. The first kappa shape index (κ1) is 13.5. The first-order valence-electron chi connectivity index (χ1n) is 7.82. The molecule has 1 aliphatic carbocycles. The number of rotatable bonds is 2. The number of hydrogen-bond donors (Lipinski definition) is 1. The Hall–Kier alpha value is -1.51. The number of nitrogen functional groups attached to an aromatic ring is 1. The molecular weight excluding hydrogens is 248 g/mol. The summed E-state index contributed by atoms with van der Waals surface area (Å²) in [5.74, 6) is 0.950. The summed E-state index contributed by atoms with van der Waals surface area (Å²) < 4.78 is 0. The first-order valence-corrected chi connectivity index (χ1v) is 7.82. The molecule has 1 amide bonds. The first-order chi connectivity index (χ1) is 9.66. The number of amides is 1. The van der Waals surface area contributed by atoms with E-state index in [-0.39, 0.29) is 11.8 Å². The van der Waals surface area contributed by atoms with Gasteiger partial charge in [-0.25, -0.2) is 0 Å². The fraction of sp³-hybridized carbons (Fsp3) is 0.588. The summed E-state index contributed by atoms with van der Waals surface area (Å²) in [6.45, 7) is 2.95. The highest BCUT2D eigenvalue weighted by atomic mass is 16.2. The Labute approximate surface area is 121 Å². The lowest BCUT2D eigenvalue weighted by molar-refractivity contribution is -0.137. The Bertz CT molecular complexity index is 500. The second kappa shape index (κ2) is 5.47. The molecule has 0 aromatic heterocycles. The Kier molecular flexibility index (Phi) is 3.68. The largest absolute Gasteiger partial charge is 0.399 e. The lowest BCUT2D eigenvalue weighted by Crippen LogP contribution is -2.47. The maximum absolute atomic E-state index is 12.8. The number of fused-ring (bicyclic) bond motifs is 1. The summed E-state index contributed by atoms with van der Waals surface area (Å²) in [7, 11) is 0. The van der Waals surface area contributed by atoms with Crippen LogP contribution in [0.15, 0.2) is 24.3 Å². The minimum atomic E-state index is -0.0853. The number of hydrogen-bond acceptors (Lipinski definition) is 2. The summed E-state index contributed by atoms with van der Waals surface area (Å²) in [4.78, 5) is 15.0. The van der Waals surface area contributed by atoms with Crippen molar-refractivity contribution in [2.75, 3.05) is 12.3 Å². The molecule has 2 N–H and O–H groups in total. The van der Waals surface area contributed by atoms with Crippen LogP contribution in [0.3, 0.4) is 0 Å². The predicted molar refractivity (Wildman–Crippen MR) is 81.3 cm³/mol. The highest BCUT2D eigenvalue weighted by molar-refractivity contribution is 5.84. The minimum Gasteiger partial charge on any atom is -0.399 e. The van der Waals surface area contributed by atoms with Crippen molar-refractivity contribution >= 4 is 11.6 Å². The monoisotopic (exact) mass is 272 g/mol. The second-order valence-corrected chi connectivity index (χ2v) is 6.32. The SMILES string of the molecule is CC(C(=O)N1CCCC2CCCC21)c1cccc(N)c1. The molecule has 0 spiro atoms. The zero-order valence-corrected chi connectivity index (χ0v) is 12.2. The van der Waals surface area contributed by atoms with E-state index in [0.29, 0.717) is 6.04 Å². The average Bonchev–Trinajstić information content (AvgIpc) is 2.94. The maximum Gasteiger partial charge on any atom is 0.230 e. The fourth-order valence-electron chi connectivity index (χ4n) is 3.95. The molecule has 2 fully saturated rings. The molecule has 3 rings (SSSR count). The van der Waals surface area contributed by atoms with E-state index in [0.717, 1.165) is 30.1 Å². The molecule has 108 valence electrons. The van der Waals surface area contributed by atoms with Crippen LogP contribution >= 0.6 is 0 Å². The summed E-state index contributed by atoms with van der Waals surface area (Å²) in [6, 6.07) is 8.24. The Morgan fingerprint density at radius 1 is 1.30 bits per heavy atom. The fourth-order valence-corrected chi connectivity index (χ4v) is 3.95. The van der Waals surface area contributed by atoms with Gasteiger partial charge in [0.2, 0.25) is 5.91 Å². The van der Waals surface area contributed by atoms with Crippen molar-refractivity contribution in [2.24, 2.45) is 5.92 Å². The van der Waals surface area contributed by atoms with Crippen molar-refractivity contribution < 1.29 is 4.79 Å². The predicted octanol–water partition coefficient (Wildman–Crippen LogP) is 3.16. The summed E-state index contributed by atoms with van der Waals surface area (Å²) in [5, 5.41) is 0. The molecule has 1 saturated heterocycles. The van der Waals surface area contributed by atoms with Crippen molar-refractivity contribution in [3.63, 3.8) is 0 Å². The van der Waals surface area contributed by atoms with E-state index < -0.39 is 0 Å². The number of anilines is 1. The number of likely N-dealkylation sites (tertiary alicyclic amines) is 1. The van der Waals surface area contributed by atoms with Crippen LogP contribution in [0, 0.1) is 5.92 Å². The Morgan fingerprint density at radius 2 is 2.10 bits per heavy atom. The topological polar surface area (TPSA) is 46.3 Å². The number of piperidine rings is 1. The zero-order valence-electron chi connectivity index (χ0n) is 12.2. The van der Waals surface area contributed by atoms with Crippen LogP contribution in [0.1, 0.15) is 50.5 Å². The molecule has 1 aromatic rings. The Balaban J connectivity index is 1.77. The highest BCUT2D eigenvalue weighted by Gasteiger charge is 2.38. The molecule has 1 saturated carbocycles. The Morgan fingerprint density at radius 3 is 2.90 bits per heavy atom. The standard InChI is InChI=1S/C17H24N2O/c1-12(14-6-2-8-15(18)11-14)17(20)19-10-4-7-13-5-3-9-16(13)19/h2,6,8,11-13,16H,3-5,7,9-10,18H2,1H3. The number of carbonyl (C=O) groups is 1. The smallest absolute Gasteiger partial charge is 0.230 e. The van der Waals surface area contributed by atoms with Gasteiger partial charge in [-0.1, -0.05) is 18.6 Å². The lowest BCUT2D eigenvalue weighted by atomic mass is 9.90. The van der Waals surface area contributed by atoms with E-state index in [1.807, 2.05) is 31.2 Å². The molecular formula is C17H24N2O. The van der Waals surface area contributed by atoms with Crippen LogP contribution < -0.4 is 5.73 Å². The van der Waals surface area contributed by atoms with Gasteiger partial charge in [-0.15, -0.1) is 0 Å². The average molecular weight is 272 g/mol. The third-order valence-electron chi connectivity index (χ3n) is 5.06. The van der Waals surface area contributed by atoms with Crippen molar-refractivity contribution in [1.82, 2.24) is 4.90 Å². The van der Waals surface area contributed by atoms with Gasteiger partial charge < -0.3 is 10.6 Å². The molecule has 0 bridgehead atoms. The third-order valence-corrected chi connectivity index (χ3v) is 5.06.